The Morgan fingerprint density at radius 1 is 1.38 bits per heavy atom. The quantitative estimate of drug-likeness (QED) is 0.728. The molecule has 6 nitrogen and oxygen atoms in total. The summed E-state index contributed by atoms with van der Waals surface area (Å²) in [6.45, 7) is 7.40. The van der Waals surface area contributed by atoms with E-state index in [0.717, 1.165) is 30.4 Å². The SMILES string of the molecule is CCC[C@@H](CO)Nc1nc(N)nc2ccn(CC(C)C)c12. The molecule has 0 saturated heterocycles. The van der Waals surface area contributed by atoms with Gasteiger partial charge in [-0.05, 0) is 18.4 Å². The molecule has 0 amide bonds. The van der Waals surface area contributed by atoms with E-state index in [2.05, 4.69) is 40.6 Å². The lowest BCUT2D eigenvalue weighted by atomic mass is 10.2. The molecule has 1 atom stereocenters. The minimum absolute atomic E-state index is 0.0186. The molecule has 0 bridgehead atoms. The average molecular weight is 291 g/mol. The van der Waals surface area contributed by atoms with Gasteiger partial charge in [0, 0.05) is 12.7 Å². The highest BCUT2D eigenvalue weighted by molar-refractivity contribution is 5.87. The van der Waals surface area contributed by atoms with Gasteiger partial charge in [-0.3, -0.25) is 0 Å². The van der Waals surface area contributed by atoms with Crippen LogP contribution in [-0.4, -0.2) is 32.3 Å². The topological polar surface area (TPSA) is 89.0 Å². The highest BCUT2D eigenvalue weighted by Crippen LogP contribution is 2.24. The van der Waals surface area contributed by atoms with E-state index >= 15 is 0 Å². The van der Waals surface area contributed by atoms with Crippen molar-refractivity contribution in [2.45, 2.75) is 46.2 Å². The number of hydrogen-bond donors (Lipinski definition) is 3. The predicted octanol–water partition coefficient (Wildman–Crippen LogP) is 2.24. The molecule has 2 heterocycles. The monoisotopic (exact) mass is 291 g/mol. The van der Waals surface area contributed by atoms with Crippen LogP contribution in [0.1, 0.15) is 33.6 Å². The summed E-state index contributed by atoms with van der Waals surface area (Å²) in [6, 6.07) is 1.93. The Morgan fingerprint density at radius 2 is 2.14 bits per heavy atom. The van der Waals surface area contributed by atoms with E-state index in [1.165, 1.54) is 0 Å². The summed E-state index contributed by atoms with van der Waals surface area (Å²) in [5, 5.41) is 12.8. The van der Waals surface area contributed by atoms with Crippen molar-refractivity contribution >= 4 is 22.8 Å². The Hall–Kier alpha value is -1.82. The Bertz CT molecular complexity index is 593. The molecule has 4 N–H and O–H groups in total. The molecule has 0 aliphatic carbocycles. The van der Waals surface area contributed by atoms with Gasteiger partial charge < -0.3 is 20.7 Å². The van der Waals surface area contributed by atoms with Crippen LogP contribution in [0.15, 0.2) is 12.3 Å². The van der Waals surface area contributed by atoms with E-state index < -0.39 is 0 Å². The van der Waals surface area contributed by atoms with Crippen molar-refractivity contribution in [2.24, 2.45) is 5.92 Å². The fraction of sp³-hybridized carbons (Fsp3) is 0.600. The lowest BCUT2D eigenvalue weighted by molar-refractivity contribution is 0.268. The van der Waals surface area contributed by atoms with Crippen molar-refractivity contribution in [3.8, 4) is 0 Å². The number of nitrogens with two attached hydrogens (primary N) is 1. The summed E-state index contributed by atoms with van der Waals surface area (Å²) in [5.41, 5.74) is 7.58. The molecule has 0 spiro atoms. The van der Waals surface area contributed by atoms with Crippen LogP contribution in [0.5, 0.6) is 0 Å². The number of aliphatic hydroxyl groups is 1. The maximum atomic E-state index is 9.48. The molecule has 2 aromatic rings. The minimum atomic E-state index is -0.0186. The average Bonchev–Trinajstić information content (AvgIpc) is 2.80. The van der Waals surface area contributed by atoms with Crippen LogP contribution in [0.25, 0.3) is 11.0 Å². The van der Waals surface area contributed by atoms with Crippen LogP contribution in [0.4, 0.5) is 11.8 Å². The van der Waals surface area contributed by atoms with Crippen molar-refractivity contribution in [3.05, 3.63) is 12.3 Å². The molecule has 0 aliphatic rings. The fourth-order valence-corrected chi connectivity index (χ4v) is 2.52. The smallest absolute Gasteiger partial charge is 0.222 e. The van der Waals surface area contributed by atoms with Gasteiger partial charge >= 0.3 is 0 Å². The molecule has 2 aromatic heterocycles. The van der Waals surface area contributed by atoms with Crippen LogP contribution < -0.4 is 11.1 Å². The maximum Gasteiger partial charge on any atom is 0.222 e. The van der Waals surface area contributed by atoms with Gasteiger partial charge in [0.15, 0.2) is 5.82 Å². The van der Waals surface area contributed by atoms with E-state index in [0.29, 0.717) is 11.7 Å². The molecule has 0 aromatic carbocycles. The number of anilines is 2. The molecule has 2 rings (SSSR count). The zero-order chi connectivity index (χ0) is 15.4. The number of rotatable bonds is 7. The third-order valence-electron chi connectivity index (χ3n) is 3.39. The number of fused-ring (bicyclic) bond motifs is 1. The molecule has 6 heteroatoms. The fourth-order valence-electron chi connectivity index (χ4n) is 2.52. The number of aliphatic hydroxyl groups excluding tert-OH is 1. The van der Waals surface area contributed by atoms with Gasteiger partial charge in [-0.15, -0.1) is 0 Å². The van der Waals surface area contributed by atoms with E-state index in [4.69, 9.17) is 5.73 Å². The lowest BCUT2D eigenvalue weighted by Crippen LogP contribution is -2.25. The Balaban J connectivity index is 2.42. The third-order valence-corrected chi connectivity index (χ3v) is 3.39. The van der Waals surface area contributed by atoms with Crippen LogP contribution >= 0.6 is 0 Å². The zero-order valence-electron chi connectivity index (χ0n) is 13.0. The van der Waals surface area contributed by atoms with Gasteiger partial charge in [-0.1, -0.05) is 27.2 Å². The van der Waals surface area contributed by atoms with Crippen LogP contribution in [0, 0.1) is 5.92 Å². The maximum absolute atomic E-state index is 9.48. The number of hydrogen-bond acceptors (Lipinski definition) is 5. The highest BCUT2D eigenvalue weighted by atomic mass is 16.3. The molecule has 0 fully saturated rings. The van der Waals surface area contributed by atoms with Gasteiger partial charge in [0.25, 0.3) is 0 Å². The standard InChI is InChI=1S/C15H25N5O/c1-4-5-11(9-21)17-14-13-12(18-15(16)19-14)6-7-20(13)8-10(2)3/h6-7,10-11,21H,4-5,8-9H2,1-3H3,(H3,16,17,18,19)/t11-/m0/s1. The van der Waals surface area contributed by atoms with Crippen molar-refractivity contribution in [2.75, 3.05) is 17.7 Å². The van der Waals surface area contributed by atoms with Crippen LogP contribution in [-0.2, 0) is 6.54 Å². The third kappa shape index (κ3) is 3.64. The number of nitrogens with one attached hydrogen (secondary N) is 1. The molecule has 0 aliphatic heterocycles. The molecular formula is C15H25N5O. The van der Waals surface area contributed by atoms with Gasteiger partial charge in [0.05, 0.1) is 18.2 Å². The lowest BCUT2D eigenvalue weighted by Gasteiger charge is -2.18. The predicted molar refractivity (Wildman–Crippen MR) is 86.2 cm³/mol. The second kappa shape index (κ2) is 6.76. The molecule has 21 heavy (non-hydrogen) atoms. The van der Waals surface area contributed by atoms with E-state index in [1.54, 1.807) is 0 Å². The summed E-state index contributed by atoms with van der Waals surface area (Å²) in [4.78, 5) is 8.62. The Kier molecular flexibility index (Phi) is 5.01. The zero-order valence-corrected chi connectivity index (χ0v) is 13.0. The summed E-state index contributed by atoms with van der Waals surface area (Å²) < 4.78 is 2.14. The van der Waals surface area contributed by atoms with Gasteiger partial charge in [-0.2, -0.15) is 4.98 Å². The van der Waals surface area contributed by atoms with Gasteiger partial charge in [0.2, 0.25) is 5.95 Å². The van der Waals surface area contributed by atoms with Crippen LogP contribution in [0.2, 0.25) is 0 Å². The number of nitrogens with zero attached hydrogens (tertiary/aromatic N) is 3. The summed E-state index contributed by atoms with van der Waals surface area (Å²) in [5.74, 6) is 1.48. The van der Waals surface area contributed by atoms with Crippen molar-refractivity contribution in [1.82, 2.24) is 14.5 Å². The van der Waals surface area contributed by atoms with Crippen LogP contribution in [0.3, 0.4) is 0 Å². The second-order valence-corrected chi connectivity index (χ2v) is 5.84. The first-order valence-electron chi connectivity index (χ1n) is 7.54. The summed E-state index contributed by atoms with van der Waals surface area (Å²) >= 11 is 0. The van der Waals surface area contributed by atoms with Crippen molar-refractivity contribution in [1.29, 1.82) is 0 Å². The largest absolute Gasteiger partial charge is 0.394 e. The first-order valence-corrected chi connectivity index (χ1v) is 7.54. The van der Waals surface area contributed by atoms with Gasteiger partial charge in [-0.25, -0.2) is 4.98 Å². The van der Waals surface area contributed by atoms with Gasteiger partial charge in [0.1, 0.15) is 5.52 Å². The number of nitrogen functional groups attached to an aromatic ring is 1. The molecular weight excluding hydrogens is 266 g/mol. The van der Waals surface area contributed by atoms with Crippen molar-refractivity contribution in [3.63, 3.8) is 0 Å². The minimum Gasteiger partial charge on any atom is -0.394 e. The normalized spacial score (nSPS) is 13.0. The van der Waals surface area contributed by atoms with E-state index in [-0.39, 0.29) is 18.6 Å². The van der Waals surface area contributed by atoms with Crippen molar-refractivity contribution < 1.29 is 5.11 Å². The Labute approximate surface area is 125 Å². The highest BCUT2D eigenvalue weighted by Gasteiger charge is 2.15. The summed E-state index contributed by atoms with van der Waals surface area (Å²) in [7, 11) is 0. The van der Waals surface area contributed by atoms with E-state index in [9.17, 15) is 5.11 Å². The molecule has 116 valence electrons. The van der Waals surface area contributed by atoms with E-state index in [1.807, 2.05) is 12.3 Å². The molecule has 0 saturated carbocycles. The second-order valence-electron chi connectivity index (χ2n) is 5.84. The number of aromatic nitrogens is 3. The first-order chi connectivity index (χ1) is 10.0. The Morgan fingerprint density at radius 3 is 2.76 bits per heavy atom. The molecule has 0 radical (unpaired) electrons. The first kappa shape index (κ1) is 15.6. The summed E-state index contributed by atoms with van der Waals surface area (Å²) in [6.07, 6.45) is 3.89. The molecule has 0 unspecified atom stereocenters.